The second kappa shape index (κ2) is 59.9. The first-order valence-corrected chi connectivity index (χ1v) is 30.2. The molecule has 0 aromatic heterocycles. The van der Waals surface area contributed by atoms with Gasteiger partial charge in [0.25, 0.3) is 0 Å². The van der Waals surface area contributed by atoms with Crippen LogP contribution in [0.4, 0.5) is 0 Å². The minimum atomic E-state index is -0.787. The first-order valence-electron chi connectivity index (χ1n) is 30.2. The normalized spacial score (nSPS) is 12.8. The van der Waals surface area contributed by atoms with Crippen LogP contribution in [0.25, 0.3) is 0 Å². The highest BCUT2D eigenvalue weighted by atomic mass is 16.6. The fraction of sp³-hybridized carbons (Fsp3) is 0.712. The number of carbonyl (C=O) groups is 3. The number of hydrogen-bond acceptors (Lipinski definition) is 6. The van der Waals surface area contributed by atoms with E-state index in [9.17, 15) is 14.4 Å². The first kappa shape index (κ1) is 68.3. The Bertz CT molecular complexity index is 1430. The number of ether oxygens (including phenoxy) is 3. The summed E-state index contributed by atoms with van der Waals surface area (Å²) in [6.45, 7) is 6.41. The topological polar surface area (TPSA) is 78.9 Å². The minimum absolute atomic E-state index is 0.0827. The van der Waals surface area contributed by atoms with Gasteiger partial charge in [-0.3, -0.25) is 14.4 Å². The van der Waals surface area contributed by atoms with Crippen molar-refractivity contribution in [1.82, 2.24) is 0 Å². The summed E-state index contributed by atoms with van der Waals surface area (Å²) in [4.78, 5) is 38.2. The molecule has 0 fully saturated rings. The van der Waals surface area contributed by atoms with Gasteiger partial charge in [0.2, 0.25) is 0 Å². The molecule has 0 bridgehead atoms. The molecule has 0 aliphatic rings. The van der Waals surface area contributed by atoms with E-state index in [1.54, 1.807) is 0 Å². The molecule has 0 N–H and O–H groups in total. The number of unbranched alkanes of at least 4 members (excludes halogenated alkanes) is 27. The Morgan fingerprint density at radius 2 is 0.542 bits per heavy atom. The third-order valence-corrected chi connectivity index (χ3v) is 12.8. The van der Waals surface area contributed by atoms with Crippen LogP contribution >= 0.6 is 0 Å². The molecule has 0 rings (SSSR count). The van der Waals surface area contributed by atoms with E-state index in [1.807, 2.05) is 0 Å². The lowest BCUT2D eigenvalue weighted by atomic mass is 10.0. The summed E-state index contributed by atoms with van der Waals surface area (Å²) in [5.74, 6) is -0.894. The van der Waals surface area contributed by atoms with Gasteiger partial charge in [-0.05, 0) is 96.3 Å². The smallest absolute Gasteiger partial charge is 0.306 e. The highest BCUT2D eigenvalue weighted by Gasteiger charge is 2.19. The molecular weight excluding hydrogens is 889 g/mol. The van der Waals surface area contributed by atoms with Crippen LogP contribution in [0.5, 0.6) is 0 Å². The van der Waals surface area contributed by atoms with Gasteiger partial charge in [0.15, 0.2) is 6.10 Å². The van der Waals surface area contributed by atoms with Gasteiger partial charge >= 0.3 is 17.9 Å². The van der Waals surface area contributed by atoms with Gasteiger partial charge in [-0.1, -0.05) is 266 Å². The summed E-state index contributed by atoms with van der Waals surface area (Å²) in [6, 6.07) is 0. The van der Waals surface area contributed by atoms with Crippen molar-refractivity contribution in [2.24, 2.45) is 0 Å². The van der Waals surface area contributed by atoms with Crippen LogP contribution in [0.3, 0.4) is 0 Å². The quantitative estimate of drug-likeness (QED) is 0.0261. The molecule has 0 radical (unpaired) electrons. The molecule has 0 saturated heterocycles. The Morgan fingerprint density at radius 3 is 0.847 bits per heavy atom. The summed E-state index contributed by atoms with van der Waals surface area (Å²) in [5.41, 5.74) is 0. The summed E-state index contributed by atoms with van der Waals surface area (Å²) >= 11 is 0. The first-order chi connectivity index (χ1) is 35.5. The van der Waals surface area contributed by atoms with Crippen molar-refractivity contribution in [3.63, 3.8) is 0 Å². The second-order valence-corrected chi connectivity index (χ2v) is 19.9. The van der Waals surface area contributed by atoms with Crippen molar-refractivity contribution in [3.05, 3.63) is 97.2 Å². The molecule has 72 heavy (non-hydrogen) atoms. The van der Waals surface area contributed by atoms with Crippen LogP contribution < -0.4 is 0 Å². The maximum absolute atomic E-state index is 12.9. The largest absolute Gasteiger partial charge is 0.462 e. The lowest BCUT2D eigenvalue weighted by Gasteiger charge is -2.18. The van der Waals surface area contributed by atoms with Gasteiger partial charge in [0, 0.05) is 19.3 Å². The zero-order chi connectivity index (χ0) is 52.2. The molecule has 412 valence electrons. The lowest BCUT2D eigenvalue weighted by molar-refractivity contribution is -0.167. The van der Waals surface area contributed by atoms with E-state index >= 15 is 0 Å². The Hall–Kier alpha value is -3.67. The molecule has 6 heteroatoms. The van der Waals surface area contributed by atoms with E-state index in [4.69, 9.17) is 14.2 Å². The van der Waals surface area contributed by atoms with Crippen molar-refractivity contribution in [2.45, 2.75) is 290 Å². The van der Waals surface area contributed by atoms with E-state index in [-0.39, 0.29) is 31.1 Å². The van der Waals surface area contributed by atoms with Gasteiger partial charge in [-0.15, -0.1) is 0 Å². The predicted octanol–water partition coefficient (Wildman–Crippen LogP) is 20.5. The Morgan fingerprint density at radius 1 is 0.292 bits per heavy atom. The van der Waals surface area contributed by atoms with Crippen molar-refractivity contribution >= 4 is 17.9 Å². The minimum Gasteiger partial charge on any atom is -0.462 e. The SMILES string of the molecule is CC/C=C\C/C=C\C/C=C\C/C=C\CCCCCCCCCCCCC(=O)OCC(COC(=O)CCCCCCCCCCCCCC)OC(=O)CCCCCCCC/C=C\C/C=C\C/C=C\C/C=C\CC. The average molecular weight is 1000 g/mol. The monoisotopic (exact) mass is 1000 g/mol. The molecule has 1 unspecified atom stereocenters. The van der Waals surface area contributed by atoms with E-state index in [1.165, 1.54) is 122 Å². The van der Waals surface area contributed by atoms with Crippen LogP contribution in [0.15, 0.2) is 97.2 Å². The third-order valence-electron chi connectivity index (χ3n) is 12.8. The highest BCUT2D eigenvalue weighted by Crippen LogP contribution is 2.16. The average Bonchev–Trinajstić information content (AvgIpc) is 3.38. The number of carbonyl (C=O) groups excluding carboxylic acids is 3. The van der Waals surface area contributed by atoms with Gasteiger partial charge in [-0.25, -0.2) is 0 Å². The van der Waals surface area contributed by atoms with Crippen LogP contribution in [0.2, 0.25) is 0 Å². The summed E-state index contributed by atoms with van der Waals surface area (Å²) in [7, 11) is 0. The van der Waals surface area contributed by atoms with Crippen LogP contribution in [-0.4, -0.2) is 37.2 Å². The standard InChI is InChI=1S/C66H112O6/c1-4-7-10-13-16-19-22-25-27-29-31-32-33-34-36-37-39-41-44-47-50-53-56-59-65(68)71-62-63(61-70-64(67)58-55-52-49-46-43-24-21-18-15-12-9-6-3)72-66(69)60-57-54-51-48-45-42-40-38-35-30-28-26-23-20-17-14-11-8-5-2/h7-8,10-11,16-17,19-20,25-28,31-32,35,38,63H,4-6,9,12-15,18,21-24,29-30,33-34,36-37,39-62H2,1-3H3/b10-7-,11-8-,19-16-,20-17-,27-25-,28-26-,32-31-,38-35-. The van der Waals surface area contributed by atoms with Crippen LogP contribution in [-0.2, 0) is 28.6 Å². The maximum Gasteiger partial charge on any atom is 0.306 e. The van der Waals surface area contributed by atoms with E-state index < -0.39 is 6.10 Å². The van der Waals surface area contributed by atoms with Gasteiger partial charge < -0.3 is 14.2 Å². The van der Waals surface area contributed by atoms with Gasteiger partial charge in [0.05, 0.1) is 0 Å². The maximum atomic E-state index is 12.9. The number of allylic oxidation sites excluding steroid dienone is 16. The molecule has 0 saturated carbocycles. The number of rotatable bonds is 54. The summed E-state index contributed by atoms with van der Waals surface area (Å²) in [6.07, 6.45) is 79.7. The molecule has 0 aliphatic carbocycles. The predicted molar refractivity (Wildman–Crippen MR) is 311 cm³/mol. The van der Waals surface area contributed by atoms with Crippen LogP contribution in [0, 0.1) is 0 Å². The Balaban J connectivity index is 4.35. The number of hydrogen-bond donors (Lipinski definition) is 0. The van der Waals surface area contributed by atoms with Crippen molar-refractivity contribution in [2.75, 3.05) is 13.2 Å². The van der Waals surface area contributed by atoms with E-state index in [2.05, 4.69) is 118 Å². The Labute approximate surface area is 445 Å². The molecule has 0 amide bonds. The molecule has 0 spiro atoms. The van der Waals surface area contributed by atoms with Gasteiger partial charge in [0.1, 0.15) is 13.2 Å². The molecule has 0 aromatic rings. The van der Waals surface area contributed by atoms with Crippen LogP contribution in [0.1, 0.15) is 284 Å². The van der Waals surface area contributed by atoms with Crippen molar-refractivity contribution < 1.29 is 28.6 Å². The summed E-state index contributed by atoms with van der Waals surface area (Å²) < 4.78 is 16.9. The lowest BCUT2D eigenvalue weighted by Crippen LogP contribution is -2.30. The molecule has 6 nitrogen and oxygen atoms in total. The second-order valence-electron chi connectivity index (χ2n) is 19.9. The fourth-order valence-corrected chi connectivity index (χ4v) is 8.37. The molecule has 0 heterocycles. The van der Waals surface area contributed by atoms with Crippen molar-refractivity contribution in [1.29, 1.82) is 0 Å². The Kier molecular flexibility index (Phi) is 56.8. The van der Waals surface area contributed by atoms with Crippen molar-refractivity contribution in [3.8, 4) is 0 Å². The van der Waals surface area contributed by atoms with Gasteiger partial charge in [-0.2, -0.15) is 0 Å². The highest BCUT2D eigenvalue weighted by molar-refractivity contribution is 5.71. The fourth-order valence-electron chi connectivity index (χ4n) is 8.37. The molecule has 0 aliphatic heterocycles. The van der Waals surface area contributed by atoms with E-state index in [0.29, 0.717) is 19.3 Å². The third kappa shape index (κ3) is 57.2. The zero-order valence-electron chi connectivity index (χ0n) is 47.2. The molecule has 0 aromatic carbocycles. The molecular formula is C66H112O6. The number of esters is 3. The zero-order valence-corrected chi connectivity index (χ0v) is 47.2. The van der Waals surface area contributed by atoms with E-state index in [0.717, 1.165) is 122 Å². The molecule has 1 atom stereocenters. The summed E-state index contributed by atoms with van der Waals surface area (Å²) in [5, 5.41) is 0.